The van der Waals surface area contributed by atoms with Crippen molar-refractivity contribution in [2.45, 2.75) is 6.42 Å². The molecule has 6 heteroatoms. The summed E-state index contributed by atoms with van der Waals surface area (Å²) in [6.45, 7) is 3.36. The Labute approximate surface area is 122 Å². The Bertz CT molecular complexity index is 484. The van der Waals surface area contributed by atoms with Gasteiger partial charge in [-0.1, -0.05) is 17.7 Å². The predicted octanol–water partition coefficient (Wildman–Crippen LogP) is 1.62. The topological polar surface area (TPSA) is 43.8 Å². The summed E-state index contributed by atoms with van der Waals surface area (Å²) in [4.78, 5) is 16.1. The Hall–Kier alpha value is -1.17. The molecule has 0 saturated carbocycles. The van der Waals surface area contributed by atoms with Gasteiger partial charge < -0.3 is 10.0 Å². The molecule has 110 valence electrons. The highest BCUT2D eigenvalue weighted by Gasteiger charge is 2.23. The smallest absolute Gasteiger partial charge is 0.256 e. The Morgan fingerprint density at radius 1 is 1.30 bits per heavy atom. The van der Waals surface area contributed by atoms with E-state index in [-0.39, 0.29) is 23.1 Å². The van der Waals surface area contributed by atoms with Crippen LogP contribution in [0.15, 0.2) is 18.2 Å². The van der Waals surface area contributed by atoms with Crippen LogP contribution in [-0.4, -0.2) is 60.1 Å². The van der Waals surface area contributed by atoms with Crippen LogP contribution in [0.2, 0.25) is 5.02 Å². The van der Waals surface area contributed by atoms with Crippen molar-refractivity contribution in [3.8, 4) is 0 Å². The number of carbonyl (C=O) groups is 1. The lowest BCUT2D eigenvalue weighted by Crippen LogP contribution is -2.36. The third-order valence-corrected chi connectivity index (χ3v) is 3.77. The summed E-state index contributed by atoms with van der Waals surface area (Å²) in [7, 11) is 0. The van der Waals surface area contributed by atoms with Crippen LogP contribution in [0, 0.1) is 5.82 Å². The van der Waals surface area contributed by atoms with E-state index in [9.17, 15) is 9.18 Å². The third-order valence-electron chi connectivity index (χ3n) is 3.47. The van der Waals surface area contributed by atoms with Crippen molar-refractivity contribution in [1.82, 2.24) is 9.80 Å². The number of hydrogen-bond acceptors (Lipinski definition) is 3. The number of halogens is 2. The van der Waals surface area contributed by atoms with Crippen LogP contribution in [0.5, 0.6) is 0 Å². The van der Waals surface area contributed by atoms with E-state index in [0.717, 1.165) is 13.0 Å². The van der Waals surface area contributed by atoms with E-state index in [2.05, 4.69) is 4.90 Å². The lowest BCUT2D eigenvalue weighted by Gasteiger charge is -2.21. The van der Waals surface area contributed by atoms with Crippen LogP contribution >= 0.6 is 11.6 Å². The van der Waals surface area contributed by atoms with E-state index in [1.165, 1.54) is 12.1 Å². The van der Waals surface area contributed by atoms with Crippen LogP contribution in [0.1, 0.15) is 16.8 Å². The highest BCUT2D eigenvalue weighted by molar-refractivity contribution is 6.31. The number of β-amino-alcohol motifs (C(OH)–C–C–N with tert-alkyl or cyclic N) is 1. The Morgan fingerprint density at radius 2 is 2.10 bits per heavy atom. The van der Waals surface area contributed by atoms with Crippen molar-refractivity contribution < 1.29 is 14.3 Å². The zero-order valence-electron chi connectivity index (χ0n) is 11.2. The summed E-state index contributed by atoms with van der Waals surface area (Å²) in [6, 6.07) is 4.47. The minimum atomic E-state index is -0.657. The van der Waals surface area contributed by atoms with Gasteiger partial charge in [0.25, 0.3) is 5.91 Å². The number of aliphatic hydroxyl groups excluding tert-OH is 1. The molecule has 1 aromatic carbocycles. The molecule has 1 amide bonds. The lowest BCUT2D eigenvalue weighted by molar-refractivity contribution is 0.0756. The normalized spacial score (nSPS) is 17.1. The maximum atomic E-state index is 13.9. The SMILES string of the molecule is O=C(c1cccc(Cl)c1F)N1CCCN(CCO)CC1. The van der Waals surface area contributed by atoms with Crippen molar-refractivity contribution in [3.63, 3.8) is 0 Å². The molecule has 1 fully saturated rings. The summed E-state index contributed by atoms with van der Waals surface area (Å²) < 4.78 is 13.9. The number of aliphatic hydroxyl groups is 1. The second-order valence-corrected chi connectivity index (χ2v) is 5.22. The third kappa shape index (κ3) is 3.48. The zero-order chi connectivity index (χ0) is 14.5. The Morgan fingerprint density at radius 3 is 2.85 bits per heavy atom. The average molecular weight is 301 g/mol. The molecule has 2 rings (SSSR count). The quantitative estimate of drug-likeness (QED) is 0.922. The molecular weight excluding hydrogens is 283 g/mol. The zero-order valence-corrected chi connectivity index (χ0v) is 11.9. The summed E-state index contributed by atoms with van der Waals surface area (Å²) >= 11 is 5.71. The number of rotatable bonds is 3. The van der Waals surface area contributed by atoms with Gasteiger partial charge in [0.1, 0.15) is 0 Å². The van der Waals surface area contributed by atoms with E-state index < -0.39 is 5.82 Å². The minimum Gasteiger partial charge on any atom is -0.395 e. The summed E-state index contributed by atoms with van der Waals surface area (Å²) in [6.07, 6.45) is 0.813. The van der Waals surface area contributed by atoms with E-state index in [0.29, 0.717) is 26.2 Å². The van der Waals surface area contributed by atoms with E-state index >= 15 is 0 Å². The molecule has 1 aliphatic rings. The molecule has 1 saturated heterocycles. The van der Waals surface area contributed by atoms with Gasteiger partial charge in [-0.15, -0.1) is 0 Å². The van der Waals surface area contributed by atoms with Gasteiger partial charge in [-0.25, -0.2) is 4.39 Å². The fraction of sp³-hybridized carbons (Fsp3) is 0.500. The lowest BCUT2D eigenvalue weighted by atomic mass is 10.2. The van der Waals surface area contributed by atoms with Gasteiger partial charge in [-0.05, 0) is 25.1 Å². The first-order chi connectivity index (χ1) is 9.63. The van der Waals surface area contributed by atoms with Crippen molar-refractivity contribution >= 4 is 17.5 Å². The standard InChI is InChI=1S/C14H18ClFN2O2/c15-12-4-1-3-11(13(12)16)14(20)18-6-2-5-17(7-8-18)9-10-19/h1,3-4,19H,2,5-10H2. The fourth-order valence-corrected chi connectivity index (χ4v) is 2.55. The molecular formula is C14H18ClFN2O2. The second-order valence-electron chi connectivity index (χ2n) is 4.81. The first-order valence-electron chi connectivity index (χ1n) is 6.70. The highest BCUT2D eigenvalue weighted by atomic mass is 35.5. The van der Waals surface area contributed by atoms with Gasteiger partial charge in [0.2, 0.25) is 0 Å². The maximum absolute atomic E-state index is 13.9. The van der Waals surface area contributed by atoms with Crippen LogP contribution in [0.3, 0.4) is 0 Å². The summed E-state index contributed by atoms with van der Waals surface area (Å²) in [5.74, 6) is -0.980. The number of nitrogens with zero attached hydrogens (tertiary/aromatic N) is 2. The molecule has 20 heavy (non-hydrogen) atoms. The fourth-order valence-electron chi connectivity index (χ4n) is 2.38. The molecule has 1 N–H and O–H groups in total. The molecule has 0 atom stereocenters. The van der Waals surface area contributed by atoms with Gasteiger partial charge >= 0.3 is 0 Å². The number of benzene rings is 1. The number of carbonyl (C=O) groups excluding carboxylic acids is 1. The average Bonchev–Trinajstić information content (AvgIpc) is 2.67. The molecule has 1 aromatic rings. The predicted molar refractivity (Wildman–Crippen MR) is 75.5 cm³/mol. The second kappa shape index (κ2) is 7.02. The van der Waals surface area contributed by atoms with Crippen LogP contribution in [0.4, 0.5) is 4.39 Å². The van der Waals surface area contributed by atoms with Crippen LogP contribution in [0.25, 0.3) is 0 Å². The molecule has 0 unspecified atom stereocenters. The molecule has 0 aliphatic carbocycles. The minimum absolute atomic E-state index is 0.0214. The van der Waals surface area contributed by atoms with Crippen molar-refractivity contribution in [2.24, 2.45) is 0 Å². The molecule has 0 radical (unpaired) electrons. The van der Waals surface area contributed by atoms with Gasteiger partial charge in [-0.3, -0.25) is 9.69 Å². The van der Waals surface area contributed by atoms with Gasteiger partial charge in [0, 0.05) is 26.2 Å². The number of amides is 1. The largest absolute Gasteiger partial charge is 0.395 e. The molecule has 4 nitrogen and oxygen atoms in total. The number of hydrogen-bond donors (Lipinski definition) is 1. The highest BCUT2D eigenvalue weighted by Crippen LogP contribution is 2.20. The van der Waals surface area contributed by atoms with Crippen LogP contribution < -0.4 is 0 Å². The monoisotopic (exact) mass is 300 g/mol. The Kier molecular flexibility index (Phi) is 5.34. The van der Waals surface area contributed by atoms with Crippen molar-refractivity contribution in [3.05, 3.63) is 34.6 Å². The van der Waals surface area contributed by atoms with E-state index in [4.69, 9.17) is 16.7 Å². The van der Waals surface area contributed by atoms with Gasteiger partial charge in [0.05, 0.1) is 17.2 Å². The Balaban J connectivity index is 2.07. The molecule has 0 bridgehead atoms. The van der Waals surface area contributed by atoms with Gasteiger partial charge in [0.15, 0.2) is 5.82 Å². The van der Waals surface area contributed by atoms with E-state index in [1.807, 2.05) is 0 Å². The maximum Gasteiger partial charge on any atom is 0.256 e. The first-order valence-corrected chi connectivity index (χ1v) is 7.08. The summed E-state index contributed by atoms with van der Waals surface area (Å²) in [5.41, 5.74) is 0.0214. The van der Waals surface area contributed by atoms with Gasteiger partial charge in [-0.2, -0.15) is 0 Å². The van der Waals surface area contributed by atoms with E-state index in [1.54, 1.807) is 11.0 Å². The first kappa shape index (κ1) is 15.2. The van der Waals surface area contributed by atoms with Crippen molar-refractivity contribution in [1.29, 1.82) is 0 Å². The summed E-state index contributed by atoms with van der Waals surface area (Å²) in [5, 5.41) is 8.91. The molecule has 1 aliphatic heterocycles. The van der Waals surface area contributed by atoms with Crippen molar-refractivity contribution in [2.75, 3.05) is 39.3 Å². The molecule has 1 heterocycles. The van der Waals surface area contributed by atoms with Crippen LogP contribution in [-0.2, 0) is 0 Å². The molecule has 0 spiro atoms. The molecule has 0 aromatic heterocycles.